The zero-order valence-electron chi connectivity index (χ0n) is 9.66. The van der Waals surface area contributed by atoms with Crippen LogP contribution in [0.15, 0.2) is 18.5 Å². The van der Waals surface area contributed by atoms with Gasteiger partial charge in [-0.3, -0.25) is 15.6 Å². The molecule has 5 nitrogen and oxygen atoms in total. The molecule has 0 unspecified atom stereocenters. The Kier molecular flexibility index (Phi) is 4.72. The monoisotopic (exact) mass is 222 g/mol. The van der Waals surface area contributed by atoms with Gasteiger partial charge in [-0.05, 0) is 18.4 Å². The van der Waals surface area contributed by atoms with Crippen LogP contribution in [0.3, 0.4) is 0 Å². The van der Waals surface area contributed by atoms with E-state index in [0.717, 1.165) is 6.42 Å². The van der Waals surface area contributed by atoms with E-state index in [0.29, 0.717) is 23.7 Å². The smallest absolute Gasteiger partial charge is 0.253 e. The Morgan fingerprint density at radius 2 is 2.31 bits per heavy atom. The lowest BCUT2D eigenvalue weighted by atomic mass is 10.1. The minimum Gasteiger partial charge on any atom is -0.352 e. The van der Waals surface area contributed by atoms with Crippen LogP contribution in [0.25, 0.3) is 0 Å². The SMILES string of the molecule is CC(C)CCNC(=O)c1ccncc1NN. The standard InChI is InChI=1S/C11H18N4O/c1-8(2)3-6-14-11(16)9-4-5-13-7-10(9)15-12/h4-5,7-8,15H,3,6,12H2,1-2H3,(H,14,16). The molecule has 0 aliphatic carbocycles. The van der Waals surface area contributed by atoms with Crippen molar-refractivity contribution in [3.05, 3.63) is 24.0 Å². The second-order valence-corrected chi connectivity index (χ2v) is 4.00. The van der Waals surface area contributed by atoms with Crippen LogP contribution in [-0.4, -0.2) is 17.4 Å². The summed E-state index contributed by atoms with van der Waals surface area (Å²) >= 11 is 0. The Hall–Kier alpha value is -1.62. The molecule has 0 saturated carbocycles. The number of nitrogens with two attached hydrogens (primary N) is 1. The van der Waals surface area contributed by atoms with Crippen LogP contribution in [0.1, 0.15) is 30.6 Å². The van der Waals surface area contributed by atoms with E-state index in [4.69, 9.17) is 5.84 Å². The lowest BCUT2D eigenvalue weighted by molar-refractivity contribution is 0.0952. The Morgan fingerprint density at radius 1 is 1.56 bits per heavy atom. The van der Waals surface area contributed by atoms with E-state index in [2.05, 4.69) is 29.6 Å². The Labute approximate surface area is 95.4 Å². The van der Waals surface area contributed by atoms with Crippen LogP contribution in [0.2, 0.25) is 0 Å². The van der Waals surface area contributed by atoms with Crippen LogP contribution in [0.5, 0.6) is 0 Å². The summed E-state index contributed by atoms with van der Waals surface area (Å²) in [6.45, 7) is 4.90. The second-order valence-electron chi connectivity index (χ2n) is 4.00. The van der Waals surface area contributed by atoms with E-state index >= 15 is 0 Å². The highest BCUT2D eigenvalue weighted by molar-refractivity contribution is 5.99. The van der Waals surface area contributed by atoms with E-state index in [9.17, 15) is 4.79 Å². The Morgan fingerprint density at radius 3 is 2.94 bits per heavy atom. The number of hydrogen-bond donors (Lipinski definition) is 3. The molecule has 0 fully saturated rings. The first kappa shape index (κ1) is 12.4. The van der Waals surface area contributed by atoms with Gasteiger partial charge < -0.3 is 10.7 Å². The van der Waals surface area contributed by atoms with Gasteiger partial charge in [0.15, 0.2) is 0 Å². The third-order valence-corrected chi connectivity index (χ3v) is 2.23. The summed E-state index contributed by atoms with van der Waals surface area (Å²) < 4.78 is 0. The van der Waals surface area contributed by atoms with Gasteiger partial charge in [-0.25, -0.2) is 0 Å². The first-order valence-corrected chi connectivity index (χ1v) is 5.34. The molecule has 0 saturated heterocycles. The maximum Gasteiger partial charge on any atom is 0.253 e. The van der Waals surface area contributed by atoms with Crippen molar-refractivity contribution in [3.8, 4) is 0 Å². The summed E-state index contributed by atoms with van der Waals surface area (Å²) in [7, 11) is 0. The van der Waals surface area contributed by atoms with E-state index in [1.807, 2.05) is 0 Å². The molecule has 0 bridgehead atoms. The van der Waals surface area contributed by atoms with Crippen molar-refractivity contribution in [2.45, 2.75) is 20.3 Å². The molecule has 5 heteroatoms. The number of nitrogens with zero attached hydrogens (tertiary/aromatic N) is 1. The van der Waals surface area contributed by atoms with E-state index in [1.165, 1.54) is 6.20 Å². The van der Waals surface area contributed by atoms with Crippen molar-refractivity contribution in [2.75, 3.05) is 12.0 Å². The Balaban J connectivity index is 2.59. The van der Waals surface area contributed by atoms with Gasteiger partial charge in [0.05, 0.1) is 17.4 Å². The van der Waals surface area contributed by atoms with Gasteiger partial charge in [-0.2, -0.15) is 0 Å². The van der Waals surface area contributed by atoms with Crippen molar-refractivity contribution in [2.24, 2.45) is 11.8 Å². The average molecular weight is 222 g/mol. The molecule has 0 aliphatic rings. The molecule has 1 aromatic heterocycles. The van der Waals surface area contributed by atoms with E-state index in [-0.39, 0.29) is 5.91 Å². The number of hydrogen-bond acceptors (Lipinski definition) is 4. The number of carbonyl (C=O) groups is 1. The summed E-state index contributed by atoms with van der Waals surface area (Å²) in [6.07, 6.45) is 4.05. The Bertz CT molecular complexity index is 352. The van der Waals surface area contributed by atoms with Crippen molar-refractivity contribution in [1.29, 1.82) is 0 Å². The van der Waals surface area contributed by atoms with Crippen molar-refractivity contribution in [3.63, 3.8) is 0 Å². The fraction of sp³-hybridized carbons (Fsp3) is 0.455. The molecule has 16 heavy (non-hydrogen) atoms. The summed E-state index contributed by atoms with van der Waals surface area (Å²) in [5, 5.41) is 2.84. The molecule has 0 spiro atoms. The number of pyridine rings is 1. The number of nitrogen functional groups attached to an aromatic ring is 1. The highest BCUT2D eigenvalue weighted by atomic mass is 16.1. The lowest BCUT2D eigenvalue weighted by Gasteiger charge is -2.09. The van der Waals surface area contributed by atoms with Crippen LogP contribution >= 0.6 is 0 Å². The van der Waals surface area contributed by atoms with E-state index < -0.39 is 0 Å². The van der Waals surface area contributed by atoms with Crippen molar-refractivity contribution >= 4 is 11.6 Å². The predicted molar refractivity (Wildman–Crippen MR) is 63.8 cm³/mol. The summed E-state index contributed by atoms with van der Waals surface area (Å²) in [4.78, 5) is 15.7. The minimum atomic E-state index is -0.129. The largest absolute Gasteiger partial charge is 0.352 e. The molecule has 1 aromatic rings. The first-order chi connectivity index (χ1) is 7.65. The first-order valence-electron chi connectivity index (χ1n) is 5.34. The number of amides is 1. The summed E-state index contributed by atoms with van der Waals surface area (Å²) in [6, 6.07) is 1.64. The van der Waals surface area contributed by atoms with Gasteiger partial charge in [0.25, 0.3) is 5.91 Å². The molecule has 0 radical (unpaired) electrons. The maximum atomic E-state index is 11.8. The normalized spacial score (nSPS) is 10.2. The topological polar surface area (TPSA) is 80.0 Å². The molecule has 1 heterocycles. The highest BCUT2D eigenvalue weighted by Gasteiger charge is 2.09. The highest BCUT2D eigenvalue weighted by Crippen LogP contribution is 2.11. The molecule has 1 amide bonds. The van der Waals surface area contributed by atoms with Gasteiger partial charge in [0, 0.05) is 12.7 Å². The fourth-order valence-corrected chi connectivity index (χ4v) is 1.28. The second kappa shape index (κ2) is 6.07. The van der Waals surface area contributed by atoms with Gasteiger partial charge in [-0.15, -0.1) is 0 Å². The molecule has 0 aromatic carbocycles. The van der Waals surface area contributed by atoms with Gasteiger partial charge in [0.1, 0.15) is 0 Å². The van der Waals surface area contributed by atoms with Crippen LogP contribution in [0.4, 0.5) is 5.69 Å². The molecular formula is C11H18N4O. The third-order valence-electron chi connectivity index (χ3n) is 2.23. The quantitative estimate of drug-likeness (QED) is 0.515. The minimum absolute atomic E-state index is 0.129. The van der Waals surface area contributed by atoms with Crippen molar-refractivity contribution in [1.82, 2.24) is 10.3 Å². The number of anilines is 1. The predicted octanol–water partition coefficient (Wildman–Crippen LogP) is 1.14. The van der Waals surface area contributed by atoms with Crippen molar-refractivity contribution < 1.29 is 4.79 Å². The lowest BCUT2D eigenvalue weighted by Crippen LogP contribution is -2.26. The summed E-state index contributed by atoms with van der Waals surface area (Å²) in [5.41, 5.74) is 3.50. The van der Waals surface area contributed by atoms with Crippen LogP contribution in [-0.2, 0) is 0 Å². The average Bonchev–Trinajstić information content (AvgIpc) is 2.28. The van der Waals surface area contributed by atoms with E-state index in [1.54, 1.807) is 12.3 Å². The zero-order valence-corrected chi connectivity index (χ0v) is 9.66. The number of nitrogens with one attached hydrogen (secondary N) is 2. The third kappa shape index (κ3) is 3.51. The molecule has 4 N–H and O–H groups in total. The molecule has 0 aliphatic heterocycles. The number of aromatic nitrogens is 1. The summed E-state index contributed by atoms with van der Waals surface area (Å²) in [5.74, 6) is 5.74. The van der Waals surface area contributed by atoms with Gasteiger partial charge in [0.2, 0.25) is 0 Å². The maximum absolute atomic E-state index is 11.8. The molecule has 0 atom stereocenters. The molecule has 1 rings (SSSR count). The zero-order chi connectivity index (χ0) is 12.0. The van der Waals surface area contributed by atoms with Gasteiger partial charge >= 0.3 is 0 Å². The number of hydrazine groups is 1. The fourth-order valence-electron chi connectivity index (χ4n) is 1.28. The number of carbonyl (C=O) groups excluding carboxylic acids is 1. The van der Waals surface area contributed by atoms with Crippen LogP contribution < -0.4 is 16.6 Å². The van der Waals surface area contributed by atoms with Crippen LogP contribution in [0, 0.1) is 5.92 Å². The van der Waals surface area contributed by atoms with Gasteiger partial charge in [-0.1, -0.05) is 13.8 Å². The number of rotatable bonds is 5. The molecule has 88 valence electrons. The molecular weight excluding hydrogens is 204 g/mol.